The van der Waals surface area contributed by atoms with E-state index in [1.165, 1.54) is 35.4 Å². The number of benzene rings is 1. The number of amides is 1. The molecule has 7 nitrogen and oxygen atoms in total. The maximum absolute atomic E-state index is 13.8. The maximum Gasteiger partial charge on any atom is 0.417 e. The van der Waals surface area contributed by atoms with Gasteiger partial charge in [-0.05, 0) is 55.0 Å². The van der Waals surface area contributed by atoms with Crippen LogP contribution in [0.3, 0.4) is 0 Å². The van der Waals surface area contributed by atoms with Crippen molar-refractivity contribution < 1.29 is 22.4 Å². The number of pyridine rings is 1. The Morgan fingerprint density at radius 1 is 1.18 bits per heavy atom. The molecule has 0 aliphatic heterocycles. The number of hydrogen-bond donors (Lipinski definition) is 1. The van der Waals surface area contributed by atoms with Crippen LogP contribution in [0, 0.1) is 17.7 Å². The van der Waals surface area contributed by atoms with Gasteiger partial charge in [0, 0.05) is 25.8 Å². The maximum atomic E-state index is 13.8. The summed E-state index contributed by atoms with van der Waals surface area (Å²) in [6, 6.07) is 6.30. The van der Waals surface area contributed by atoms with Crippen LogP contribution in [0.15, 0.2) is 48.9 Å². The molecule has 11 heteroatoms. The molecule has 0 bridgehead atoms. The fraction of sp³-hybridized carbons (Fsp3) is 0.391. The van der Waals surface area contributed by atoms with Crippen LogP contribution >= 0.6 is 0 Å². The lowest BCUT2D eigenvalue weighted by Gasteiger charge is -2.29. The number of carbonyl (C=O) groups excluding carboxylic acids is 1. The molecule has 0 saturated heterocycles. The van der Waals surface area contributed by atoms with Gasteiger partial charge in [-0.2, -0.15) is 28.2 Å². The van der Waals surface area contributed by atoms with Gasteiger partial charge in [-0.1, -0.05) is 6.92 Å². The van der Waals surface area contributed by atoms with Crippen molar-refractivity contribution >= 4 is 11.7 Å². The number of nitrogens with one attached hydrogen (secondary N) is 1. The van der Waals surface area contributed by atoms with Crippen molar-refractivity contribution in [3.8, 4) is 5.69 Å². The number of halogens is 4. The molecule has 1 N–H and O–H groups in total. The van der Waals surface area contributed by atoms with Crippen molar-refractivity contribution in [2.24, 2.45) is 11.8 Å². The molecular weight excluding hydrogens is 452 g/mol. The van der Waals surface area contributed by atoms with Crippen LogP contribution in [0.2, 0.25) is 0 Å². The van der Waals surface area contributed by atoms with Crippen molar-refractivity contribution in [3.63, 3.8) is 0 Å². The zero-order chi connectivity index (χ0) is 24.5. The molecule has 1 saturated carbocycles. The van der Waals surface area contributed by atoms with Crippen molar-refractivity contribution in [3.05, 3.63) is 65.9 Å². The van der Waals surface area contributed by atoms with Gasteiger partial charge in [-0.15, -0.1) is 0 Å². The standard InChI is InChI=1S/C23H24F4N6O/c1-14-9-15(10-20(14)32(2)21-6-3-16(13-28-21)23(25,26)27)12-29-22(34)18-11-17(24)4-5-19(18)33-30-7-8-31-33/h3-8,11,13-15,20H,9-10,12H2,1-2H3,(H,29,34). The van der Waals surface area contributed by atoms with Gasteiger partial charge in [0.25, 0.3) is 5.91 Å². The van der Waals surface area contributed by atoms with Gasteiger partial charge < -0.3 is 10.2 Å². The summed E-state index contributed by atoms with van der Waals surface area (Å²) in [5.41, 5.74) is -0.286. The van der Waals surface area contributed by atoms with Gasteiger partial charge in [-0.25, -0.2) is 9.37 Å². The third-order valence-corrected chi connectivity index (χ3v) is 6.26. The van der Waals surface area contributed by atoms with Crippen molar-refractivity contribution in [1.82, 2.24) is 25.3 Å². The molecule has 1 amide bonds. The van der Waals surface area contributed by atoms with Crippen molar-refractivity contribution in [2.45, 2.75) is 32.0 Å². The largest absolute Gasteiger partial charge is 0.417 e. The minimum absolute atomic E-state index is 0.0594. The summed E-state index contributed by atoms with van der Waals surface area (Å²) < 4.78 is 52.3. The minimum atomic E-state index is -4.43. The molecule has 3 atom stereocenters. The molecule has 34 heavy (non-hydrogen) atoms. The number of anilines is 1. The second-order valence-corrected chi connectivity index (χ2v) is 8.59. The van der Waals surface area contributed by atoms with Crippen molar-refractivity contribution in [2.75, 3.05) is 18.5 Å². The Hall–Kier alpha value is -3.50. The highest BCUT2D eigenvalue weighted by Gasteiger charge is 2.35. The van der Waals surface area contributed by atoms with E-state index in [-0.39, 0.29) is 23.4 Å². The lowest BCUT2D eigenvalue weighted by Crippen LogP contribution is -2.35. The molecule has 1 aromatic carbocycles. The third-order valence-electron chi connectivity index (χ3n) is 6.26. The van der Waals surface area contributed by atoms with Crippen molar-refractivity contribution in [1.29, 1.82) is 0 Å². The summed E-state index contributed by atoms with van der Waals surface area (Å²) in [7, 11) is 1.81. The molecule has 3 aromatic rings. The van der Waals surface area contributed by atoms with E-state index in [0.717, 1.165) is 31.2 Å². The number of aromatic nitrogens is 4. The summed E-state index contributed by atoms with van der Waals surface area (Å²) in [6.45, 7) is 2.46. The number of hydrogen-bond acceptors (Lipinski definition) is 5. The highest BCUT2D eigenvalue weighted by molar-refractivity contribution is 5.97. The monoisotopic (exact) mass is 476 g/mol. The molecule has 180 valence electrons. The van der Waals surface area contributed by atoms with Crippen LogP contribution in [-0.4, -0.2) is 45.5 Å². The number of carbonyl (C=O) groups is 1. The van der Waals surface area contributed by atoms with E-state index in [1.807, 2.05) is 11.9 Å². The molecule has 2 aromatic heterocycles. The topological polar surface area (TPSA) is 75.9 Å². The van der Waals surface area contributed by atoms with Gasteiger partial charge >= 0.3 is 6.18 Å². The number of nitrogens with zero attached hydrogens (tertiary/aromatic N) is 5. The second kappa shape index (κ2) is 9.40. The average Bonchev–Trinajstić information content (AvgIpc) is 3.46. The second-order valence-electron chi connectivity index (χ2n) is 8.59. The lowest BCUT2D eigenvalue weighted by atomic mass is 10.0. The van der Waals surface area contributed by atoms with Crippen LogP contribution in [0.4, 0.5) is 23.4 Å². The first-order chi connectivity index (χ1) is 16.1. The summed E-state index contributed by atoms with van der Waals surface area (Å²) in [5, 5.41) is 10.9. The molecule has 0 spiro atoms. The Bertz CT molecular complexity index is 1130. The zero-order valence-electron chi connectivity index (χ0n) is 18.6. The van der Waals surface area contributed by atoms with Gasteiger partial charge in [0.1, 0.15) is 11.6 Å². The first-order valence-electron chi connectivity index (χ1n) is 10.8. The number of alkyl halides is 3. The Balaban J connectivity index is 1.39. The van der Waals surface area contributed by atoms with E-state index in [9.17, 15) is 22.4 Å². The molecular formula is C23H24F4N6O. The predicted octanol–water partition coefficient (Wildman–Crippen LogP) is 4.10. The van der Waals surface area contributed by atoms with Crippen LogP contribution in [-0.2, 0) is 6.18 Å². The normalized spacial score (nSPS) is 20.4. The molecule has 0 radical (unpaired) electrons. The molecule has 4 rings (SSSR count). The Kier molecular flexibility index (Phi) is 6.54. The predicted molar refractivity (Wildman–Crippen MR) is 117 cm³/mol. The molecule has 1 aliphatic carbocycles. The van der Waals surface area contributed by atoms with Crippen LogP contribution in [0.25, 0.3) is 5.69 Å². The van der Waals surface area contributed by atoms with Gasteiger partial charge in [0.05, 0.1) is 29.2 Å². The first-order valence-corrected chi connectivity index (χ1v) is 10.8. The molecule has 3 unspecified atom stereocenters. The average molecular weight is 476 g/mol. The van der Waals surface area contributed by atoms with E-state index < -0.39 is 23.5 Å². The van der Waals surface area contributed by atoms with E-state index in [2.05, 4.69) is 27.4 Å². The molecule has 1 fully saturated rings. The zero-order valence-corrected chi connectivity index (χ0v) is 18.6. The summed E-state index contributed by atoms with van der Waals surface area (Å²) in [4.78, 5) is 20.0. The van der Waals surface area contributed by atoms with Crippen LogP contribution < -0.4 is 10.2 Å². The fourth-order valence-corrected chi connectivity index (χ4v) is 4.53. The quantitative estimate of drug-likeness (QED) is 0.542. The molecule has 1 aliphatic rings. The highest BCUT2D eigenvalue weighted by Crippen LogP contribution is 2.36. The van der Waals surface area contributed by atoms with Crippen LogP contribution in [0.1, 0.15) is 35.7 Å². The lowest BCUT2D eigenvalue weighted by molar-refractivity contribution is -0.137. The fourth-order valence-electron chi connectivity index (χ4n) is 4.53. The Morgan fingerprint density at radius 2 is 1.91 bits per heavy atom. The van der Waals surface area contributed by atoms with Gasteiger partial charge in [0.15, 0.2) is 0 Å². The van der Waals surface area contributed by atoms with Gasteiger partial charge in [0.2, 0.25) is 0 Å². The summed E-state index contributed by atoms with van der Waals surface area (Å²) >= 11 is 0. The van der Waals surface area contributed by atoms with E-state index in [1.54, 1.807) is 0 Å². The van der Waals surface area contributed by atoms with Gasteiger partial charge in [-0.3, -0.25) is 4.79 Å². The third kappa shape index (κ3) is 5.02. The Labute approximate surface area is 193 Å². The highest BCUT2D eigenvalue weighted by atomic mass is 19.4. The minimum Gasteiger partial charge on any atom is -0.356 e. The smallest absolute Gasteiger partial charge is 0.356 e. The summed E-state index contributed by atoms with van der Waals surface area (Å²) in [5.74, 6) is -0.109. The first kappa shape index (κ1) is 23.7. The van der Waals surface area contributed by atoms with E-state index >= 15 is 0 Å². The molecule has 2 heterocycles. The SMILES string of the molecule is CC1CC(CNC(=O)c2cc(F)ccc2-n2nccn2)CC1N(C)c1ccc(C(F)(F)F)cn1. The number of rotatable bonds is 6. The van der Waals surface area contributed by atoms with Crippen LogP contribution in [0.5, 0.6) is 0 Å². The Morgan fingerprint density at radius 3 is 2.56 bits per heavy atom. The van der Waals surface area contributed by atoms with E-state index in [4.69, 9.17) is 0 Å². The summed E-state index contributed by atoms with van der Waals surface area (Å²) in [6.07, 6.45) is 0.904. The van der Waals surface area contributed by atoms with E-state index in [0.29, 0.717) is 18.1 Å².